The van der Waals surface area contributed by atoms with E-state index >= 15 is 0 Å². The second kappa shape index (κ2) is 11.2. The van der Waals surface area contributed by atoms with E-state index in [0.717, 1.165) is 22.8 Å². The van der Waals surface area contributed by atoms with Gasteiger partial charge in [-0.2, -0.15) is 34.2 Å². The predicted molar refractivity (Wildman–Crippen MR) is 172 cm³/mol. The molecular formula is C40H17F5N4. The van der Waals surface area contributed by atoms with E-state index in [1.54, 1.807) is 43.3 Å². The molecule has 5 aromatic carbocycles. The van der Waals surface area contributed by atoms with Crippen molar-refractivity contribution >= 4 is 11.1 Å². The van der Waals surface area contributed by atoms with Crippen molar-refractivity contribution in [2.45, 2.75) is 13.1 Å². The van der Waals surface area contributed by atoms with Crippen LogP contribution in [-0.2, 0) is 6.18 Å². The highest BCUT2D eigenvalue weighted by Gasteiger charge is 2.36. The molecule has 0 bridgehead atoms. The van der Waals surface area contributed by atoms with Crippen molar-refractivity contribution in [3.63, 3.8) is 0 Å². The molecule has 0 heterocycles. The number of hydrogen-bond donors (Lipinski definition) is 0. The molecule has 0 fully saturated rings. The van der Waals surface area contributed by atoms with Gasteiger partial charge < -0.3 is 0 Å². The molecule has 0 aromatic heterocycles. The zero-order valence-corrected chi connectivity index (χ0v) is 25.3. The van der Waals surface area contributed by atoms with Crippen LogP contribution >= 0.6 is 0 Å². The van der Waals surface area contributed by atoms with Crippen LogP contribution in [-0.4, -0.2) is 0 Å². The van der Waals surface area contributed by atoms with Gasteiger partial charge in [0, 0.05) is 11.1 Å². The highest BCUT2D eigenvalue weighted by Crippen LogP contribution is 2.54. The van der Waals surface area contributed by atoms with E-state index in [-0.39, 0.29) is 28.1 Å². The third kappa shape index (κ3) is 4.77. The van der Waals surface area contributed by atoms with Crippen molar-refractivity contribution in [2.75, 3.05) is 0 Å². The summed E-state index contributed by atoms with van der Waals surface area (Å²) < 4.78 is 68.7. The van der Waals surface area contributed by atoms with Gasteiger partial charge in [0.15, 0.2) is 0 Å². The van der Waals surface area contributed by atoms with Crippen LogP contribution in [0.1, 0.15) is 33.4 Å². The van der Waals surface area contributed by atoms with Gasteiger partial charge in [-0.25, -0.2) is 8.78 Å². The van der Waals surface area contributed by atoms with Gasteiger partial charge in [-0.15, -0.1) is 0 Å². The Morgan fingerprint density at radius 3 is 1.31 bits per heavy atom. The summed E-state index contributed by atoms with van der Waals surface area (Å²) in [6.45, 7) is 1.65. The van der Waals surface area contributed by atoms with Gasteiger partial charge >= 0.3 is 6.18 Å². The van der Waals surface area contributed by atoms with Gasteiger partial charge in [-0.1, -0.05) is 36.4 Å². The van der Waals surface area contributed by atoms with Crippen LogP contribution in [0.4, 0.5) is 22.0 Å². The van der Waals surface area contributed by atoms with Crippen molar-refractivity contribution in [3.05, 3.63) is 141 Å². The first-order valence-electron chi connectivity index (χ1n) is 14.7. The second-order valence-electron chi connectivity index (χ2n) is 11.6. The lowest BCUT2D eigenvalue weighted by atomic mass is 9.92. The molecule has 0 amide bonds. The van der Waals surface area contributed by atoms with E-state index in [1.807, 2.05) is 48.5 Å². The number of hydrogen-bond acceptors (Lipinski definition) is 4. The highest BCUT2D eigenvalue weighted by atomic mass is 19.4. The first kappa shape index (κ1) is 30.8. The summed E-state index contributed by atoms with van der Waals surface area (Å²) in [5.74, 6) is -1.76. The first-order valence-corrected chi connectivity index (χ1v) is 14.7. The number of rotatable bonds is 2. The van der Waals surface area contributed by atoms with E-state index in [1.165, 1.54) is 12.1 Å². The summed E-state index contributed by atoms with van der Waals surface area (Å²) in [7, 11) is 0. The molecule has 5 aromatic rings. The van der Waals surface area contributed by atoms with E-state index in [4.69, 9.17) is 0 Å². The third-order valence-electron chi connectivity index (χ3n) is 8.90. The Balaban J connectivity index is 1.46. The van der Waals surface area contributed by atoms with Crippen LogP contribution < -0.4 is 0 Å². The smallest absolute Gasteiger partial charge is 0.207 e. The zero-order chi connectivity index (χ0) is 34.8. The fourth-order valence-corrected chi connectivity index (χ4v) is 6.64. The Kier molecular flexibility index (Phi) is 7.02. The molecule has 0 spiro atoms. The normalized spacial score (nSPS) is 12.1. The predicted octanol–water partition coefficient (Wildman–Crippen LogP) is 10.3. The minimum Gasteiger partial charge on any atom is -0.207 e. The van der Waals surface area contributed by atoms with Crippen molar-refractivity contribution < 1.29 is 22.0 Å². The maximum absolute atomic E-state index is 14.1. The molecule has 4 nitrogen and oxygen atoms in total. The Bertz CT molecular complexity index is 2530. The summed E-state index contributed by atoms with van der Waals surface area (Å²) in [6, 6.07) is 29.2. The molecule has 0 aliphatic heterocycles. The molecule has 2 aliphatic carbocycles. The van der Waals surface area contributed by atoms with Crippen molar-refractivity contribution in [3.8, 4) is 68.8 Å². The molecule has 0 unspecified atom stereocenters. The molecule has 2 aliphatic rings. The maximum Gasteiger partial charge on any atom is 0.419 e. The molecule has 0 radical (unpaired) electrons. The van der Waals surface area contributed by atoms with Gasteiger partial charge in [0.25, 0.3) is 0 Å². The lowest BCUT2D eigenvalue weighted by Crippen LogP contribution is -2.08. The number of halogens is 5. The molecular weight excluding hydrogens is 631 g/mol. The number of fused-ring (bicyclic) bond motifs is 6. The minimum atomic E-state index is -4.92. The average molecular weight is 649 g/mol. The van der Waals surface area contributed by atoms with Crippen molar-refractivity contribution in [2.24, 2.45) is 0 Å². The topological polar surface area (TPSA) is 95.2 Å². The molecule has 0 saturated carbocycles. The lowest BCUT2D eigenvalue weighted by molar-refractivity contribution is -0.139. The average Bonchev–Trinajstić information content (AvgIpc) is 3.57. The number of aryl methyl sites for hydroxylation is 1. The van der Waals surface area contributed by atoms with Gasteiger partial charge in [0.1, 0.15) is 47.1 Å². The fraction of sp³-hybridized carbons (Fsp3) is 0.0500. The SMILES string of the molecule is Cc1cc(-c2ccc3c(c2)C(=C(C#N)C#N)c2cc4c(cc2-3)-c2ccc(-c3ccc(F)c(C(F)(F)F)c3)cc2C4=C(C#N)C#N)ccc1F. The Morgan fingerprint density at radius 2 is 0.857 bits per heavy atom. The standard InChI is InChI=1S/C40H17F5N4/c1-20-10-21(4-8-36(20)41)22-2-6-27-29-14-30-28-7-3-23(24-5-9-37(42)35(13-24)40(43,44)45)12-32(28)39(26(18-48)19-49)34(30)15-33(29)38(31(27)11-22)25(16-46)17-47/h2-15H,1H3. The van der Waals surface area contributed by atoms with Crippen LogP contribution in [0.3, 0.4) is 0 Å². The summed E-state index contributed by atoms with van der Waals surface area (Å²) in [5.41, 5.74) is 5.76. The van der Waals surface area contributed by atoms with Crippen LogP contribution in [0.2, 0.25) is 0 Å². The Morgan fingerprint density at radius 1 is 0.469 bits per heavy atom. The summed E-state index contributed by atoms with van der Waals surface area (Å²) in [4.78, 5) is 0. The molecule has 9 heteroatoms. The lowest BCUT2D eigenvalue weighted by Gasteiger charge is -2.12. The molecule has 7 rings (SSSR count). The van der Waals surface area contributed by atoms with Gasteiger partial charge in [-0.3, -0.25) is 0 Å². The summed E-state index contributed by atoms with van der Waals surface area (Å²) >= 11 is 0. The largest absolute Gasteiger partial charge is 0.419 e. The quantitative estimate of drug-likeness (QED) is 0.138. The van der Waals surface area contributed by atoms with Crippen LogP contribution in [0.25, 0.3) is 55.7 Å². The summed E-state index contributed by atoms with van der Waals surface area (Å²) in [6.07, 6.45) is -4.92. The minimum absolute atomic E-state index is 0.0868. The van der Waals surface area contributed by atoms with Crippen LogP contribution in [0, 0.1) is 63.9 Å². The molecule has 232 valence electrons. The van der Waals surface area contributed by atoms with Crippen molar-refractivity contribution in [1.82, 2.24) is 0 Å². The third-order valence-corrected chi connectivity index (χ3v) is 8.90. The fourth-order valence-electron chi connectivity index (χ4n) is 6.64. The maximum atomic E-state index is 14.1. The Hall–Kier alpha value is -6.81. The number of nitrogens with zero attached hydrogens (tertiary/aromatic N) is 4. The van der Waals surface area contributed by atoms with Crippen LogP contribution in [0.5, 0.6) is 0 Å². The van der Waals surface area contributed by atoms with Gasteiger partial charge in [0.05, 0.1) is 5.56 Å². The van der Waals surface area contributed by atoms with Crippen molar-refractivity contribution in [1.29, 1.82) is 21.0 Å². The monoisotopic (exact) mass is 648 g/mol. The van der Waals surface area contributed by atoms with E-state index in [2.05, 4.69) is 0 Å². The second-order valence-corrected chi connectivity index (χ2v) is 11.6. The number of benzene rings is 5. The molecule has 0 N–H and O–H groups in total. The zero-order valence-electron chi connectivity index (χ0n) is 25.3. The van der Waals surface area contributed by atoms with Crippen LogP contribution in [0.15, 0.2) is 96.1 Å². The first-order chi connectivity index (χ1) is 23.5. The van der Waals surface area contributed by atoms with E-state index < -0.39 is 17.6 Å². The van der Waals surface area contributed by atoms with Gasteiger partial charge in [0.2, 0.25) is 0 Å². The molecule has 0 saturated heterocycles. The van der Waals surface area contributed by atoms with E-state index in [9.17, 15) is 43.0 Å². The number of allylic oxidation sites excluding steroid dienone is 2. The Labute approximate surface area is 276 Å². The number of nitriles is 4. The van der Waals surface area contributed by atoms with E-state index in [0.29, 0.717) is 61.7 Å². The van der Waals surface area contributed by atoms with Gasteiger partial charge in [-0.05, 0) is 128 Å². The highest BCUT2D eigenvalue weighted by molar-refractivity contribution is 6.11. The molecule has 49 heavy (non-hydrogen) atoms. The summed E-state index contributed by atoms with van der Waals surface area (Å²) in [5, 5.41) is 40.0. The number of alkyl halides is 3. The molecule has 0 atom stereocenters.